The summed E-state index contributed by atoms with van der Waals surface area (Å²) in [4.78, 5) is 14.3. The van der Waals surface area contributed by atoms with Gasteiger partial charge < -0.3 is 15.7 Å². The van der Waals surface area contributed by atoms with Crippen molar-refractivity contribution in [2.24, 2.45) is 0 Å². The van der Waals surface area contributed by atoms with E-state index in [2.05, 4.69) is 0 Å². The van der Waals surface area contributed by atoms with Crippen molar-refractivity contribution in [3.8, 4) is 0 Å². The van der Waals surface area contributed by atoms with Gasteiger partial charge in [-0.2, -0.15) is 0 Å². The third kappa shape index (κ3) is 2.34. The van der Waals surface area contributed by atoms with Gasteiger partial charge in [-0.3, -0.25) is 4.79 Å². The van der Waals surface area contributed by atoms with Gasteiger partial charge in [-0.05, 0) is 35.7 Å². The number of hydrogen-bond acceptors (Lipinski definition) is 3. The van der Waals surface area contributed by atoms with Gasteiger partial charge in [0.2, 0.25) is 0 Å². The van der Waals surface area contributed by atoms with Crippen LogP contribution in [-0.4, -0.2) is 35.1 Å². The van der Waals surface area contributed by atoms with Crippen molar-refractivity contribution in [2.45, 2.75) is 18.9 Å². The van der Waals surface area contributed by atoms with Crippen LogP contribution in [0.5, 0.6) is 0 Å². The van der Waals surface area contributed by atoms with Crippen LogP contribution < -0.4 is 5.73 Å². The number of benzene rings is 2. The molecule has 4 nitrogen and oxygen atoms in total. The van der Waals surface area contributed by atoms with Crippen molar-refractivity contribution < 1.29 is 9.90 Å². The highest BCUT2D eigenvalue weighted by molar-refractivity contribution is 6.03. The minimum atomic E-state index is -0.284. The molecule has 0 spiro atoms. The van der Waals surface area contributed by atoms with Gasteiger partial charge in [-0.15, -0.1) is 0 Å². The SMILES string of the molecule is Nc1cc2ccccc2cc1C(=O)N1CCC(O)CC1. The second-order valence-electron chi connectivity index (χ2n) is 5.31. The highest BCUT2D eigenvalue weighted by Crippen LogP contribution is 2.24. The van der Waals surface area contributed by atoms with E-state index in [1.165, 1.54) is 0 Å². The number of nitrogen functional groups attached to an aromatic ring is 1. The summed E-state index contributed by atoms with van der Waals surface area (Å²) in [6.07, 6.45) is 0.992. The van der Waals surface area contributed by atoms with Crippen LogP contribution in [0.25, 0.3) is 10.8 Å². The molecular formula is C16H18N2O2. The van der Waals surface area contributed by atoms with E-state index in [1.54, 1.807) is 4.90 Å². The van der Waals surface area contributed by atoms with Crippen molar-refractivity contribution in [3.63, 3.8) is 0 Å². The number of carbonyl (C=O) groups is 1. The maximum Gasteiger partial charge on any atom is 0.255 e. The Kier molecular flexibility index (Phi) is 3.32. The fourth-order valence-corrected chi connectivity index (χ4v) is 2.68. The van der Waals surface area contributed by atoms with Crippen LogP contribution in [0.1, 0.15) is 23.2 Å². The fraction of sp³-hybridized carbons (Fsp3) is 0.312. The van der Waals surface area contributed by atoms with E-state index in [4.69, 9.17) is 5.73 Å². The average molecular weight is 270 g/mol. The lowest BCUT2D eigenvalue weighted by molar-refractivity contribution is 0.0547. The molecule has 0 bridgehead atoms. The number of hydrogen-bond donors (Lipinski definition) is 2. The summed E-state index contributed by atoms with van der Waals surface area (Å²) in [5.74, 6) is -0.0415. The quantitative estimate of drug-likeness (QED) is 0.779. The number of nitrogens with two attached hydrogens (primary N) is 1. The van der Waals surface area contributed by atoms with Crippen LogP contribution in [0, 0.1) is 0 Å². The predicted octanol–water partition coefficient (Wildman–Crippen LogP) is 2.02. The standard InChI is InChI=1S/C16H18N2O2/c17-15-10-12-4-2-1-3-11(12)9-14(15)16(20)18-7-5-13(19)6-8-18/h1-4,9-10,13,19H,5-8,17H2. The molecule has 20 heavy (non-hydrogen) atoms. The van der Waals surface area contributed by atoms with E-state index in [1.807, 2.05) is 36.4 Å². The van der Waals surface area contributed by atoms with E-state index in [0.717, 1.165) is 10.8 Å². The molecule has 1 fully saturated rings. The second kappa shape index (κ2) is 5.13. The van der Waals surface area contributed by atoms with Crippen molar-refractivity contribution in [2.75, 3.05) is 18.8 Å². The molecule has 104 valence electrons. The molecule has 0 saturated carbocycles. The number of fused-ring (bicyclic) bond motifs is 1. The number of piperidine rings is 1. The summed E-state index contributed by atoms with van der Waals surface area (Å²) >= 11 is 0. The summed E-state index contributed by atoms with van der Waals surface area (Å²) in [7, 11) is 0. The third-order valence-electron chi connectivity index (χ3n) is 3.90. The smallest absolute Gasteiger partial charge is 0.255 e. The number of rotatable bonds is 1. The number of carbonyl (C=O) groups excluding carboxylic acids is 1. The topological polar surface area (TPSA) is 66.6 Å². The number of aliphatic hydroxyl groups excluding tert-OH is 1. The Hall–Kier alpha value is -2.07. The zero-order valence-corrected chi connectivity index (χ0v) is 11.2. The number of aliphatic hydroxyl groups is 1. The predicted molar refractivity (Wildman–Crippen MR) is 79.5 cm³/mol. The first kappa shape index (κ1) is 12.9. The van der Waals surface area contributed by atoms with Crippen LogP contribution in [0.15, 0.2) is 36.4 Å². The Morgan fingerprint density at radius 1 is 1.15 bits per heavy atom. The Balaban J connectivity index is 1.93. The zero-order valence-electron chi connectivity index (χ0n) is 11.2. The van der Waals surface area contributed by atoms with Crippen molar-refractivity contribution in [3.05, 3.63) is 42.0 Å². The third-order valence-corrected chi connectivity index (χ3v) is 3.90. The van der Waals surface area contributed by atoms with Gasteiger partial charge >= 0.3 is 0 Å². The molecule has 0 aromatic heterocycles. The van der Waals surface area contributed by atoms with Gasteiger partial charge in [-0.25, -0.2) is 0 Å². The number of anilines is 1. The highest BCUT2D eigenvalue weighted by atomic mass is 16.3. The van der Waals surface area contributed by atoms with Gasteiger partial charge in [0.15, 0.2) is 0 Å². The van der Waals surface area contributed by atoms with Gasteiger partial charge in [0.05, 0.1) is 11.7 Å². The molecule has 0 atom stereocenters. The van der Waals surface area contributed by atoms with Crippen LogP contribution in [-0.2, 0) is 0 Å². The summed E-state index contributed by atoms with van der Waals surface area (Å²) < 4.78 is 0. The summed E-state index contributed by atoms with van der Waals surface area (Å²) in [6, 6.07) is 11.6. The molecule has 4 heteroatoms. The molecule has 1 saturated heterocycles. The average Bonchev–Trinajstić information content (AvgIpc) is 2.46. The Morgan fingerprint density at radius 3 is 2.40 bits per heavy atom. The molecule has 0 aliphatic carbocycles. The molecule has 3 N–H and O–H groups in total. The summed E-state index contributed by atoms with van der Waals surface area (Å²) in [6.45, 7) is 1.18. The Morgan fingerprint density at radius 2 is 1.75 bits per heavy atom. The van der Waals surface area contributed by atoms with E-state index >= 15 is 0 Å². The van der Waals surface area contributed by atoms with Crippen LogP contribution in [0.3, 0.4) is 0 Å². The highest BCUT2D eigenvalue weighted by Gasteiger charge is 2.23. The second-order valence-corrected chi connectivity index (χ2v) is 5.31. The normalized spacial score (nSPS) is 16.6. The Labute approximate surface area is 117 Å². The molecule has 1 amide bonds. The molecule has 1 aliphatic heterocycles. The van der Waals surface area contributed by atoms with E-state index in [-0.39, 0.29) is 12.0 Å². The largest absolute Gasteiger partial charge is 0.398 e. The van der Waals surface area contributed by atoms with Crippen LogP contribution in [0.4, 0.5) is 5.69 Å². The van der Waals surface area contributed by atoms with Gasteiger partial charge in [0.1, 0.15) is 0 Å². The lowest BCUT2D eigenvalue weighted by atomic mass is 10.0. The Bertz CT molecular complexity index is 646. The van der Waals surface area contributed by atoms with E-state index < -0.39 is 0 Å². The van der Waals surface area contributed by atoms with Crippen molar-refractivity contribution in [1.29, 1.82) is 0 Å². The van der Waals surface area contributed by atoms with E-state index in [0.29, 0.717) is 37.2 Å². The molecule has 0 radical (unpaired) electrons. The lowest BCUT2D eigenvalue weighted by Crippen LogP contribution is -2.40. The lowest BCUT2D eigenvalue weighted by Gasteiger charge is -2.30. The number of nitrogens with zero attached hydrogens (tertiary/aromatic N) is 1. The van der Waals surface area contributed by atoms with Crippen LogP contribution in [0.2, 0.25) is 0 Å². The fourth-order valence-electron chi connectivity index (χ4n) is 2.68. The molecule has 0 unspecified atom stereocenters. The van der Waals surface area contributed by atoms with Gasteiger partial charge in [0.25, 0.3) is 5.91 Å². The van der Waals surface area contributed by atoms with Crippen molar-refractivity contribution in [1.82, 2.24) is 4.90 Å². The first-order valence-electron chi connectivity index (χ1n) is 6.91. The molecular weight excluding hydrogens is 252 g/mol. The first-order valence-corrected chi connectivity index (χ1v) is 6.91. The number of likely N-dealkylation sites (tertiary alicyclic amines) is 1. The first-order chi connectivity index (χ1) is 9.65. The van der Waals surface area contributed by atoms with Gasteiger partial charge in [0, 0.05) is 18.8 Å². The van der Waals surface area contributed by atoms with Crippen LogP contribution >= 0.6 is 0 Å². The molecule has 3 rings (SSSR count). The van der Waals surface area contributed by atoms with E-state index in [9.17, 15) is 9.90 Å². The maximum absolute atomic E-state index is 12.5. The molecule has 2 aromatic rings. The molecule has 1 aliphatic rings. The maximum atomic E-state index is 12.5. The number of amides is 1. The minimum absolute atomic E-state index is 0.0415. The zero-order chi connectivity index (χ0) is 14.1. The molecule has 1 heterocycles. The molecule has 2 aromatic carbocycles. The summed E-state index contributed by atoms with van der Waals surface area (Å²) in [5.41, 5.74) is 7.09. The monoisotopic (exact) mass is 270 g/mol. The van der Waals surface area contributed by atoms with Gasteiger partial charge in [-0.1, -0.05) is 24.3 Å². The van der Waals surface area contributed by atoms with Crippen molar-refractivity contribution >= 4 is 22.4 Å². The minimum Gasteiger partial charge on any atom is -0.398 e. The summed E-state index contributed by atoms with van der Waals surface area (Å²) in [5, 5.41) is 11.6.